The van der Waals surface area contributed by atoms with Gasteiger partial charge in [0, 0.05) is 18.4 Å². The van der Waals surface area contributed by atoms with Crippen LogP contribution in [-0.4, -0.2) is 30.0 Å². The molecule has 7 nitrogen and oxygen atoms in total. The van der Waals surface area contributed by atoms with Gasteiger partial charge >= 0.3 is 10.1 Å². The average Bonchev–Trinajstić information content (AvgIpc) is 3.07. The van der Waals surface area contributed by atoms with Crippen LogP contribution in [0.25, 0.3) is 0 Å². The van der Waals surface area contributed by atoms with Crippen molar-refractivity contribution in [3.8, 4) is 5.75 Å². The van der Waals surface area contributed by atoms with E-state index in [2.05, 4.69) is 4.98 Å². The number of carbonyl (C=O) groups is 1. The van der Waals surface area contributed by atoms with E-state index in [0.29, 0.717) is 24.7 Å². The summed E-state index contributed by atoms with van der Waals surface area (Å²) in [5, 5.41) is 0. The van der Waals surface area contributed by atoms with Crippen LogP contribution in [0.4, 0.5) is 4.39 Å². The number of fused-ring (bicyclic) bond motifs is 4. The Bertz CT molecular complexity index is 1200. The van der Waals surface area contributed by atoms with Crippen molar-refractivity contribution < 1.29 is 21.8 Å². The van der Waals surface area contributed by atoms with Crippen LogP contribution in [0.1, 0.15) is 60.9 Å². The van der Waals surface area contributed by atoms with E-state index in [1.165, 1.54) is 16.7 Å². The van der Waals surface area contributed by atoms with Crippen LogP contribution in [0.5, 0.6) is 5.75 Å². The van der Waals surface area contributed by atoms with E-state index in [1.807, 2.05) is 6.92 Å². The van der Waals surface area contributed by atoms with E-state index in [9.17, 15) is 22.4 Å². The summed E-state index contributed by atoms with van der Waals surface area (Å²) in [6.07, 6.45) is 4.67. The molecule has 1 aliphatic carbocycles. The molecule has 2 unspecified atom stereocenters. The predicted octanol–water partition coefficient (Wildman–Crippen LogP) is 3.42. The van der Waals surface area contributed by atoms with Gasteiger partial charge in [-0.1, -0.05) is 19.1 Å². The molecular formula is C22H26ClFN2O5S. The third kappa shape index (κ3) is 4.59. The van der Waals surface area contributed by atoms with Gasteiger partial charge in [-0.05, 0) is 55.7 Å². The van der Waals surface area contributed by atoms with E-state index < -0.39 is 27.2 Å². The lowest BCUT2D eigenvalue weighted by Gasteiger charge is -2.34. The van der Waals surface area contributed by atoms with Crippen LogP contribution in [0.15, 0.2) is 29.1 Å². The Morgan fingerprint density at radius 3 is 2.62 bits per heavy atom. The minimum absolute atomic E-state index is 0. The highest BCUT2D eigenvalue weighted by atomic mass is 35.5. The summed E-state index contributed by atoms with van der Waals surface area (Å²) in [6.45, 7) is 2.49. The van der Waals surface area contributed by atoms with Crippen molar-refractivity contribution in [3.63, 3.8) is 0 Å². The van der Waals surface area contributed by atoms with Gasteiger partial charge in [0.15, 0.2) is 11.5 Å². The van der Waals surface area contributed by atoms with Crippen molar-refractivity contribution in [1.29, 1.82) is 0 Å². The second-order valence-electron chi connectivity index (χ2n) is 8.61. The van der Waals surface area contributed by atoms with Gasteiger partial charge < -0.3 is 4.18 Å². The smallest absolute Gasteiger partial charge is 0.306 e. The maximum atomic E-state index is 13.2. The number of aromatic nitrogens is 2. The molecule has 0 spiro atoms. The predicted molar refractivity (Wildman–Crippen MR) is 120 cm³/mol. The minimum Gasteiger partial charge on any atom is -0.374 e. The van der Waals surface area contributed by atoms with Crippen molar-refractivity contribution in [1.82, 2.24) is 9.55 Å². The van der Waals surface area contributed by atoms with Gasteiger partial charge in [0.2, 0.25) is 5.75 Å². The summed E-state index contributed by atoms with van der Waals surface area (Å²) >= 11 is 0. The molecule has 2 heterocycles. The molecular weight excluding hydrogens is 459 g/mol. The van der Waals surface area contributed by atoms with E-state index >= 15 is 0 Å². The fourth-order valence-electron chi connectivity index (χ4n) is 4.89. The van der Waals surface area contributed by atoms with Gasteiger partial charge in [-0.25, -0.2) is 9.37 Å². The highest BCUT2D eigenvalue weighted by Crippen LogP contribution is 2.49. The molecule has 1 saturated carbocycles. The molecule has 2 bridgehead atoms. The van der Waals surface area contributed by atoms with Crippen LogP contribution in [0.2, 0.25) is 0 Å². The average molecular weight is 485 g/mol. The Balaban J connectivity index is 0.00000289. The van der Waals surface area contributed by atoms with Gasteiger partial charge in [0.05, 0.1) is 6.26 Å². The molecule has 2 aliphatic rings. The molecule has 0 saturated heterocycles. The molecule has 2 aromatic rings. The van der Waals surface area contributed by atoms with Gasteiger partial charge in [-0.3, -0.25) is 14.2 Å². The fourth-order valence-corrected chi connectivity index (χ4v) is 5.34. The molecule has 0 amide bonds. The first-order valence-corrected chi connectivity index (χ1v) is 12.3. The molecule has 10 heteroatoms. The zero-order chi connectivity index (χ0) is 22.4. The number of hydrogen-bond donors (Lipinski definition) is 0. The summed E-state index contributed by atoms with van der Waals surface area (Å²) in [5.74, 6) is -0.487. The Labute approximate surface area is 192 Å². The second kappa shape index (κ2) is 8.94. The van der Waals surface area contributed by atoms with Crippen LogP contribution < -0.4 is 9.74 Å². The van der Waals surface area contributed by atoms with Crippen LogP contribution in [0, 0.1) is 11.7 Å². The second-order valence-corrected chi connectivity index (χ2v) is 10.2. The number of hydrogen-bond acceptors (Lipinski definition) is 6. The topological polar surface area (TPSA) is 95.3 Å². The molecule has 1 aromatic carbocycles. The van der Waals surface area contributed by atoms with E-state index in [-0.39, 0.29) is 35.8 Å². The zero-order valence-corrected chi connectivity index (χ0v) is 19.6. The first kappa shape index (κ1) is 24.4. The molecule has 1 aliphatic heterocycles. The number of benzene rings is 1. The summed E-state index contributed by atoms with van der Waals surface area (Å²) in [5.41, 5.74) is -0.386. The zero-order valence-electron chi connectivity index (χ0n) is 18.0. The molecule has 1 fully saturated rings. The number of nitrogens with zero attached hydrogens (tertiary/aromatic N) is 2. The molecule has 0 radical (unpaired) electrons. The summed E-state index contributed by atoms with van der Waals surface area (Å²) in [4.78, 5) is 30.9. The van der Waals surface area contributed by atoms with E-state index in [4.69, 9.17) is 4.18 Å². The van der Waals surface area contributed by atoms with Crippen molar-refractivity contribution in [3.05, 3.63) is 57.5 Å². The Kier molecular flexibility index (Phi) is 6.81. The van der Waals surface area contributed by atoms with Gasteiger partial charge in [0.1, 0.15) is 11.6 Å². The summed E-state index contributed by atoms with van der Waals surface area (Å²) in [7, 11) is -4.03. The van der Waals surface area contributed by atoms with Crippen LogP contribution >= 0.6 is 12.4 Å². The van der Waals surface area contributed by atoms with Crippen molar-refractivity contribution in [2.24, 2.45) is 5.92 Å². The summed E-state index contributed by atoms with van der Waals surface area (Å²) < 4.78 is 43.3. The third-order valence-electron chi connectivity index (χ3n) is 6.48. The number of carbonyl (C=O) groups excluding carboxylic acids is 1. The molecule has 4 rings (SSSR count). The Morgan fingerprint density at radius 2 is 2.00 bits per heavy atom. The van der Waals surface area contributed by atoms with E-state index in [0.717, 1.165) is 37.5 Å². The lowest BCUT2D eigenvalue weighted by Crippen LogP contribution is -2.41. The molecule has 32 heavy (non-hydrogen) atoms. The molecule has 174 valence electrons. The number of halogens is 2. The van der Waals surface area contributed by atoms with Crippen LogP contribution in [0.3, 0.4) is 0 Å². The number of Topliss-reactive ketones (excluding diaryl/α,β-unsaturated/α-hetero) is 1. The normalized spacial score (nSPS) is 21.5. The third-order valence-corrected chi connectivity index (χ3v) is 6.95. The lowest BCUT2D eigenvalue weighted by molar-refractivity contribution is 0.0974. The minimum atomic E-state index is -4.03. The van der Waals surface area contributed by atoms with E-state index in [1.54, 1.807) is 12.1 Å². The van der Waals surface area contributed by atoms with Gasteiger partial charge in [-0.15, -0.1) is 12.4 Å². The molecule has 0 N–H and O–H groups in total. The first-order chi connectivity index (χ1) is 14.6. The summed E-state index contributed by atoms with van der Waals surface area (Å²) in [6, 6.07) is 5.78. The standard InChI is InChI=1S/C22H25FN2O5S.ClH/c1-3-22-11-10-15(12-22)13-25-20(27)19(30-31(2,28)29)18(24-21(22)25)17(26)9-6-14-4-7-16(23)8-5-14;/h4-5,7-8,15H,3,6,9-13H2,1-2H3;1H. The van der Waals surface area contributed by atoms with Crippen molar-refractivity contribution in [2.45, 2.75) is 57.4 Å². The largest absolute Gasteiger partial charge is 0.374 e. The number of rotatable bonds is 7. The van der Waals surface area contributed by atoms with Gasteiger partial charge in [0.25, 0.3) is 5.56 Å². The SMILES string of the molecule is CCC12CCC(Cn3c1nc(C(=O)CCc1ccc(F)cc1)c(OS(C)(=O)=O)c3=O)C2.Cl. The number of ketones is 1. The maximum absolute atomic E-state index is 13.2. The maximum Gasteiger partial charge on any atom is 0.306 e. The highest BCUT2D eigenvalue weighted by Gasteiger charge is 2.47. The quantitative estimate of drug-likeness (QED) is 0.441. The fraction of sp³-hybridized carbons (Fsp3) is 0.500. The number of aryl methyl sites for hydroxylation is 1. The molecule has 2 atom stereocenters. The Morgan fingerprint density at radius 1 is 1.31 bits per heavy atom. The lowest BCUT2D eigenvalue weighted by atomic mass is 9.79. The van der Waals surface area contributed by atoms with Crippen LogP contribution in [-0.2, 0) is 28.5 Å². The van der Waals surface area contributed by atoms with Crippen molar-refractivity contribution >= 4 is 28.3 Å². The highest BCUT2D eigenvalue weighted by molar-refractivity contribution is 7.86. The van der Waals surface area contributed by atoms with Gasteiger partial charge in [-0.2, -0.15) is 8.42 Å². The monoisotopic (exact) mass is 484 g/mol. The Hall–Kier alpha value is -2.26. The molecule has 1 aromatic heterocycles. The first-order valence-electron chi connectivity index (χ1n) is 10.4. The van der Waals surface area contributed by atoms with Crippen molar-refractivity contribution in [2.75, 3.05) is 6.26 Å².